The Morgan fingerprint density at radius 2 is 2.00 bits per heavy atom. The van der Waals surface area contributed by atoms with E-state index in [1.165, 1.54) is 15.8 Å². The van der Waals surface area contributed by atoms with E-state index in [-0.39, 0.29) is 5.91 Å². The van der Waals surface area contributed by atoms with Crippen molar-refractivity contribution in [3.05, 3.63) is 16.8 Å². The maximum absolute atomic E-state index is 11.5. The maximum atomic E-state index is 11.5. The summed E-state index contributed by atoms with van der Waals surface area (Å²) >= 11 is 1.73. The Bertz CT molecular complexity index is 691. The third-order valence-electron chi connectivity index (χ3n) is 4.26. The van der Waals surface area contributed by atoms with Crippen molar-refractivity contribution in [3.63, 3.8) is 0 Å². The summed E-state index contributed by atoms with van der Waals surface area (Å²) in [7, 11) is 1.68. The van der Waals surface area contributed by atoms with Crippen LogP contribution in [0.25, 0.3) is 10.2 Å². The number of rotatable bonds is 3. The third-order valence-corrected chi connectivity index (χ3v) is 5.38. The molecule has 2 aromatic heterocycles. The number of carbonyl (C=O) groups is 1. The van der Waals surface area contributed by atoms with Crippen LogP contribution in [0.4, 0.5) is 5.82 Å². The fourth-order valence-corrected chi connectivity index (χ4v) is 3.79. The second-order valence-corrected chi connectivity index (χ2v) is 6.80. The number of amides is 1. The lowest BCUT2D eigenvalue weighted by Gasteiger charge is -2.35. The van der Waals surface area contributed by atoms with Gasteiger partial charge in [-0.2, -0.15) is 0 Å². The Balaban J connectivity index is 1.78. The Morgan fingerprint density at radius 3 is 2.68 bits per heavy atom. The van der Waals surface area contributed by atoms with E-state index in [1.807, 2.05) is 0 Å². The smallest absolute Gasteiger partial charge is 0.233 e. The third kappa shape index (κ3) is 2.78. The van der Waals surface area contributed by atoms with Gasteiger partial charge in [0.25, 0.3) is 0 Å². The molecule has 118 valence electrons. The van der Waals surface area contributed by atoms with Crippen molar-refractivity contribution in [2.75, 3.05) is 44.7 Å². The van der Waals surface area contributed by atoms with Gasteiger partial charge in [0.05, 0.1) is 11.9 Å². The lowest BCUT2D eigenvalue weighted by atomic mass is 10.2. The van der Waals surface area contributed by atoms with E-state index in [0.717, 1.165) is 36.8 Å². The number of likely N-dealkylation sites (N-methyl/N-ethyl adjacent to an activating group) is 1. The molecule has 1 amide bonds. The molecule has 3 rings (SSSR count). The molecule has 2 aromatic rings. The second-order valence-electron chi connectivity index (χ2n) is 5.60. The van der Waals surface area contributed by atoms with Crippen LogP contribution in [0.15, 0.2) is 6.33 Å². The highest BCUT2D eigenvalue weighted by Gasteiger charge is 2.22. The summed E-state index contributed by atoms with van der Waals surface area (Å²) in [5.74, 6) is 1.11. The van der Waals surface area contributed by atoms with E-state index < -0.39 is 0 Å². The molecule has 0 spiro atoms. The monoisotopic (exact) mass is 319 g/mol. The number of nitrogens with zero attached hydrogens (tertiary/aromatic N) is 4. The number of hydrogen-bond acceptors (Lipinski definition) is 6. The highest BCUT2D eigenvalue weighted by atomic mass is 32.1. The Hall–Kier alpha value is -1.73. The predicted molar refractivity (Wildman–Crippen MR) is 89.6 cm³/mol. The van der Waals surface area contributed by atoms with Gasteiger partial charge in [0.2, 0.25) is 5.91 Å². The van der Waals surface area contributed by atoms with Crippen molar-refractivity contribution in [1.82, 2.24) is 20.2 Å². The zero-order chi connectivity index (χ0) is 15.7. The summed E-state index contributed by atoms with van der Waals surface area (Å²) in [4.78, 5) is 27.3. The maximum Gasteiger partial charge on any atom is 0.233 e. The van der Waals surface area contributed by atoms with Crippen molar-refractivity contribution in [3.8, 4) is 0 Å². The van der Waals surface area contributed by atoms with Gasteiger partial charge in [-0.25, -0.2) is 9.97 Å². The summed E-state index contributed by atoms with van der Waals surface area (Å²) in [6.45, 7) is 8.27. The van der Waals surface area contributed by atoms with Gasteiger partial charge in [0, 0.05) is 38.1 Å². The molecule has 1 saturated heterocycles. The molecule has 3 heterocycles. The number of thiophene rings is 1. The first kappa shape index (κ1) is 15.2. The van der Waals surface area contributed by atoms with Crippen LogP contribution in [0.3, 0.4) is 0 Å². The van der Waals surface area contributed by atoms with Gasteiger partial charge in [0.1, 0.15) is 17.0 Å². The van der Waals surface area contributed by atoms with E-state index in [2.05, 4.69) is 38.9 Å². The summed E-state index contributed by atoms with van der Waals surface area (Å²) in [5, 5.41) is 3.86. The van der Waals surface area contributed by atoms with Crippen LogP contribution in [0.5, 0.6) is 0 Å². The normalized spacial score (nSPS) is 16.2. The van der Waals surface area contributed by atoms with E-state index >= 15 is 0 Å². The van der Waals surface area contributed by atoms with E-state index in [1.54, 1.807) is 24.7 Å². The molecule has 0 radical (unpaired) electrons. The summed E-state index contributed by atoms with van der Waals surface area (Å²) < 4.78 is 0. The first-order valence-corrected chi connectivity index (χ1v) is 8.30. The molecule has 1 N–H and O–H groups in total. The van der Waals surface area contributed by atoms with Gasteiger partial charge in [-0.1, -0.05) is 0 Å². The molecule has 0 bridgehead atoms. The highest BCUT2D eigenvalue weighted by Crippen LogP contribution is 2.34. The SMILES string of the molecule is CNC(=O)CN1CCN(c2ncnc3sc(C)c(C)c23)CC1. The predicted octanol–water partition coefficient (Wildman–Crippen LogP) is 1.18. The average Bonchev–Trinajstić information content (AvgIpc) is 2.83. The quantitative estimate of drug-likeness (QED) is 0.920. The summed E-state index contributed by atoms with van der Waals surface area (Å²) in [6.07, 6.45) is 1.66. The molecule has 1 aliphatic rings. The zero-order valence-electron chi connectivity index (χ0n) is 13.2. The lowest BCUT2D eigenvalue weighted by molar-refractivity contribution is -0.121. The first-order valence-electron chi connectivity index (χ1n) is 7.48. The Labute approximate surface area is 134 Å². The van der Waals surface area contributed by atoms with Gasteiger partial charge < -0.3 is 10.2 Å². The molecule has 0 aromatic carbocycles. The molecule has 0 aliphatic carbocycles. The molecule has 1 fully saturated rings. The molecular formula is C15H21N5OS. The number of aryl methyl sites for hydroxylation is 2. The minimum atomic E-state index is 0.0715. The molecule has 0 atom stereocenters. The molecule has 22 heavy (non-hydrogen) atoms. The molecular weight excluding hydrogens is 298 g/mol. The summed E-state index contributed by atoms with van der Waals surface area (Å²) in [6, 6.07) is 0. The highest BCUT2D eigenvalue weighted by molar-refractivity contribution is 7.18. The van der Waals surface area contributed by atoms with E-state index in [4.69, 9.17) is 0 Å². The van der Waals surface area contributed by atoms with Crippen LogP contribution in [-0.2, 0) is 4.79 Å². The van der Waals surface area contributed by atoms with Gasteiger partial charge in [-0.15, -0.1) is 11.3 Å². The van der Waals surface area contributed by atoms with Crippen LogP contribution in [0, 0.1) is 13.8 Å². The van der Waals surface area contributed by atoms with Gasteiger partial charge in [-0.05, 0) is 19.4 Å². The van der Waals surface area contributed by atoms with Crippen LogP contribution in [0.2, 0.25) is 0 Å². The van der Waals surface area contributed by atoms with Crippen molar-refractivity contribution in [1.29, 1.82) is 0 Å². The van der Waals surface area contributed by atoms with Crippen molar-refractivity contribution in [2.24, 2.45) is 0 Å². The number of nitrogens with one attached hydrogen (secondary N) is 1. The van der Waals surface area contributed by atoms with Crippen molar-refractivity contribution >= 4 is 33.3 Å². The Kier molecular flexibility index (Phi) is 4.26. The van der Waals surface area contributed by atoms with Crippen LogP contribution >= 0.6 is 11.3 Å². The average molecular weight is 319 g/mol. The largest absolute Gasteiger partial charge is 0.358 e. The number of piperazine rings is 1. The number of hydrogen-bond donors (Lipinski definition) is 1. The number of aromatic nitrogens is 2. The Morgan fingerprint density at radius 1 is 1.27 bits per heavy atom. The van der Waals surface area contributed by atoms with Crippen molar-refractivity contribution in [2.45, 2.75) is 13.8 Å². The van der Waals surface area contributed by atoms with E-state index in [0.29, 0.717) is 6.54 Å². The molecule has 7 heteroatoms. The number of carbonyl (C=O) groups excluding carboxylic acids is 1. The molecule has 1 aliphatic heterocycles. The van der Waals surface area contributed by atoms with Gasteiger partial charge in [-0.3, -0.25) is 9.69 Å². The molecule has 0 saturated carbocycles. The van der Waals surface area contributed by atoms with Crippen molar-refractivity contribution < 1.29 is 4.79 Å². The van der Waals surface area contributed by atoms with Crippen LogP contribution in [0.1, 0.15) is 10.4 Å². The zero-order valence-corrected chi connectivity index (χ0v) is 14.0. The first-order chi connectivity index (χ1) is 10.6. The minimum absolute atomic E-state index is 0.0715. The van der Waals surface area contributed by atoms with Gasteiger partial charge >= 0.3 is 0 Å². The topological polar surface area (TPSA) is 61.4 Å². The molecule has 6 nitrogen and oxygen atoms in total. The molecule has 0 unspecified atom stereocenters. The minimum Gasteiger partial charge on any atom is -0.358 e. The lowest BCUT2D eigenvalue weighted by Crippen LogP contribution is -2.49. The number of fused-ring (bicyclic) bond motifs is 1. The standard InChI is InChI=1S/C15H21N5OS/c1-10-11(2)22-15-13(10)14(17-9-18-15)20-6-4-19(5-7-20)8-12(21)16-3/h9H,4-8H2,1-3H3,(H,16,21). The van der Waals surface area contributed by atoms with E-state index in [9.17, 15) is 4.79 Å². The van der Waals surface area contributed by atoms with Crippen LogP contribution in [-0.4, -0.2) is 60.5 Å². The fraction of sp³-hybridized carbons (Fsp3) is 0.533. The van der Waals surface area contributed by atoms with Gasteiger partial charge in [0.15, 0.2) is 0 Å². The second kappa shape index (κ2) is 6.18. The van der Waals surface area contributed by atoms with Crippen LogP contribution < -0.4 is 10.2 Å². The fourth-order valence-electron chi connectivity index (χ4n) is 2.80. The summed E-state index contributed by atoms with van der Waals surface area (Å²) in [5.41, 5.74) is 1.28. The number of anilines is 1.